The number of fused-ring (bicyclic) bond motifs is 1. The van der Waals surface area contributed by atoms with E-state index in [9.17, 15) is 0 Å². The minimum atomic E-state index is 0.640. The van der Waals surface area contributed by atoms with Gasteiger partial charge in [-0.1, -0.05) is 13.8 Å². The first-order valence-electron chi connectivity index (χ1n) is 8.12. The number of likely N-dealkylation sites (tertiary alicyclic amines) is 1. The zero-order valence-electron chi connectivity index (χ0n) is 13.1. The Hall–Kier alpha value is -1.39. The molecule has 0 saturated carbocycles. The van der Waals surface area contributed by atoms with Crippen LogP contribution in [-0.2, 0) is 6.54 Å². The van der Waals surface area contributed by atoms with E-state index in [0.29, 0.717) is 12.0 Å². The maximum absolute atomic E-state index is 4.64. The molecule has 0 radical (unpaired) electrons. The number of H-pyrrole nitrogens is 1. The van der Waals surface area contributed by atoms with E-state index in [1.807, 2.05) is 6.20 Å². The fourth-order valence-corrected chi connectivity index (χ4v) is 3.28. The molecular weight excluding hydrogens is 260 g/mol. The van der Waals surface area contributed by atoms with E-state index >= 15 is 0 Å². The molecule has 0 spiro atoms. The summed E-state index contributed by atoms with van der Waals surface area (Å²) >= 11 is 0. The summed E-state index contributed by atoms with van der Waals surface area (Å²) in [6, 6.07) is 6.95. The number of nitrogens with zero attached hydrogens (tertiary/aromatic N) is 2. The van der Waals surface area contributed by atoms with Gasteiger partial charge in [-0.15, -0.1) is 0 Å². The Morgan fingerprint density at radius 3 is 2.81 bits per heavy atom. The van der Waals surface area contributed by atoms with Crippen LogP contribution in [0.15, 0.2) is 24.4 Å². The van der Waals surface area contributed by atoms with Crippen molar-refractivity contribution in [3.8, 4) is 0 Å². The van der Waals surface area contributed by atoms with Gasteiger partial charge in [0.2, 0.25) is 0 Å². The molecular formula is C17H26N4. The Morgan fingerprint density at radius 2 is 2.05 bits per heavy atom. The SMILES string of the molecule is CC(C)C(CNCc1ccc2cc[nH]c2n1)N1CCCC1. The molecule has 4 nitrogen and oxygen atoms in total. The second-order valence-corrected chi connectivity index (χ2v) is 6.40. The Balaban J connectivity index is 1.56. The first-order valence-corrected chi connectivity index (χ1v) is 8.12. The van der Waals surface area contributed by atoms with E-state index in [4.69, 9.17) is 0 Å². The van der Waals surface area contributed by atoms with Gasteiger partial charge in [0, 0.05) is 30.7 Å². The number of pyridine rings is 1. The molecule has 2 N–H and O–H groups in total. The summed E-state index contributed by atoms with van der Waals surface area (Å²) in [4.78, 5) is 10.5. The first kappa shape index (κ1) is 14.5. The minimum Gasteiger partial charge on any atom is -0.346 e. The maximum Gasteiger partial charge on any atom is 0.137 e. The van der Waals surface area contributed by atoms with Crippen LogP contribution >= 0.6 is 0 Å². The number of aromatic nitrogens is 2. The molecule has 114 valence electrons. The smallest absolute Gasteiger partial charge is 0.137 e. The lowest BCUT2D eigenvalue weighted by Crippen LogP contribution is -2.44. The number of aromatic amines is 1. The van der Waals surface area contributed by atoms with Crippen molar-refractivity contribution < 1.29 is 0 Å². The van der Waals surface area contributed by atoms with Crippen molar-refractivity contribution in [2.24, 2.45) is 5.92 Å². The van der Waals surface area contributed by atoms with Crippen molar-refractivity contribution in [3.63, 3.8) is 0 Å². The summed E-state index contributed by atoms with van der Waals surface area (Å²) < 4.78 is 0. The Morgan fingerprint density at radius 1 is 1.24 bits per heavy atom. The third-order valence-electron chi connectivity index (χ3n) is 4.51. The van der Waals surface area contributed by atoms with Gasteiger partial charge in [-0.05, 0) is 50.0 Å². The van der Waals surface area contributed by atoms with Crippen molar-refractivity contribution in [1.82, 2.24) is 20.2 Å². The lowest BCUT2D eigenvalue weighted by Gasteiger charge is -2.31. The molecule has 3 heterocycles. The highest BCUT2D eigenvalue weighted by molar-refractivity contribution is 5.75. The van der Waals surface area contributed by atoms with Crippen LogP contribution in [0.25, 0.3) is 11.0 Å². The van der Waals surface area contributed by atoms with Gasteiger partial charge in [-0.2, -0.15) is 0 Å². The first-order chi connectivity index (χ1) is 10.2. The van der Waals surface area contributed by atoms with Crippen molar-refractivity contribution >= 4 is 11.0 Å². The highest BCUT2D eigenvalue weighted by Crippen LogP contribution is 2.17. The van der Waals surface area contributed by atoms with Gasteiger partial charge in [-0.25, -0.2) is 4.98 Å². The lowest BCUT2D eigenvalue weighted by molar-refractivity contribution is 0.186. The average Bonchev–Trinajstić information content (AvgIpc) is 3.13. The van der Waals surface area contributed by atoms with Gasteiger partial charge in [0.05, 0.1) is 5.69 Å². The molecule has 1 unspecified atom stereocenters. The standard InChI is InChI=1S/C17H26N4/c1-13(2)16(21-9-3-4-10-21)12-18-11-15-6-5-14-7-8-19-17(14)20-15/h5-8,13,16,18H,3-4,9-12H2,1-2H3,(H,19,20). The number of rotatable bonds is 6. The summed E-state index contributed by atoms with van der Waals surface area (Å²) in [6.45, 7) is 9.06. The molecule has 4 heteroatoms. The maximum atomic E-state index is 4.64. The third-order valence-corrected chi connectivity index (χ3v) is 4.51. The van der Waals surface area contributed by atoms with Crippen LogP contribution in [-0.4, -0.2) is 40.5 Å². The predicted molar refractivity (Wildman–Crippen MR) is 87.2 cm³/mol. The predicted octanol–water partition coefficient (Wildman–Crippen LogP) is 2.77. The van der Waals surface area contributed by atoms with E-state index in [1.54, 1.807) is 0 Å². The molecule has 1 aliphatic heterocycles. The molecule has 0 bridgehead atoms. The molecule has 0 amide bonds. The number of hydrogen-bond acceptors (Lipinski definition) is 3. The van der Waals surface area contributed by atoms with Crippen LogP contribution in [0.2, 0.25) is 0 Å². The molecule has 21 heavy (non-hydrogen) atoms. The van der Waals surface area contributed by atoms with E-state index < -0.39 is 0 Å². The highest BCUT2D eigenvalue weighted by atomic mass is 15.2. The van der Waals surface area contributed by atoms with Gasteiger partial charge in [0.15, 0.2) is 0 Å². The molecule has 1 saturated heterocycles. The molecule has 1 atom stereocenters. The quantitative estimate of drug-likeness (QED) is 0.858. The second-order valence-electron chi connectivity index (χ2n) is 6.40. The van der Waals surface area contributed by atoms with E-state index in [2.05, 4.69) is 52.2 Å². The van der Waals surface area contributed by atoms with Crippen LogP contribution in [0.5, 0.6) is 0 Å². The van der Waals surface area contributed by atoms with E-state index in [-0.39, 0.29) is 0 Å². The summed E-state index contributed by atoms with van der Waals surface area (Å²) in [5, 5.41) is 4.78. The molecule has 3 rings (SSSR count). The Labute approximate surface area is 126 Å². The minimum absolute atomic E-state index is 0.640. The van der Waals surface area contributed by atoms with Crippen LogP contribution in [0.4, 0.5) is 0 Å². The van der Waals surface area contributed by atoms with Crippen LogP contribution in [0.3, 0.4) is 0 Å². The fourth-order valence-electron chi connectivity index (χ4n) is 3.28. The summed E-state index contributed by atoms with van der Waals surface area (Å²) in [5.74, 6) is 0.689. The normalized spacial score (nSPS) is 17.9. The molecule has 1 aliphatic rings. The summed E-state index contributed by atoms with van der Waals surface area (Å²) in [7, 11) is 0. The van der Waals surface area contributed by atoms with Gasteiger partial charge in [0.1, 0.15) is 5.65 Å². The van der Waals surface area contributed by atoms with Crippen molar-refractivity contribution in [3.05, 3.63) is 30.1 Å². The zero-order valence-corrected chi connectivity index (χ0v) is 13.1. The molecule has 1 fully saturated rings. The fraction of sp³-hybridized carbons (Fsp3) is 0.588. The third kappa shape index (κ3) is 3.44. The molecule has 2 aromatic heterocycles. The molecule has 0 aliphatic carbocycles. The Kier molecular flexibility index (Phi) is 4.56. The van der Waals surface area contributed by atoms with Gasteiger partial charge >= 0.3 is 0 Å². The number of hydrogen-bond donors (Lipinski definition) is 2. The molecule has 0 aromatic carbocycles. The number of nitrogens with one attached hydrogen (secondary N) is 2. The van der Waals surface area contributed by atoms with Crippen LogP contribution < -0.4 is 5.32 Å². The van der Waals surface area contributed by atoms with Crippen molar-refractivity contribution in [2.45, 2.75) is 39.3 Å². The van der Waals surface area contributed by atoms with E-state index in [1.165, 1.54) is 31.3 Å². The van der Waals surface area contributed by atoms with Crippen molar-refractivity contribution in [1.29, 1.82) is 0 Å². The Bertz CT molecular complexity index is 569. The summed E-state index contributed by atoms with van der Waals surface area (Å²) in [5.41, 5.74) is 2.09. The lowest BCUT2D eigenvalue weighted by atomic mass is 10.0. The van der Waals surface area contributed by atoms with Gasteiger partial charge in [0.25, 0.3) is 0 Å². The summed E-state index contributed by atoms with van der Waals surface area (Å²) in [6.07, 6.45) is 4.65. The van der Waals surface area contributed by atoms with Crippen molar-refractivity contribution in [2.75, 3.05) is 19.6 Å². The molecule has 2 aromatic rings. The van der Waals surface area contributed by atoms with Gasteiger partial charge < -0.3 is 10.3 Å². The van der Waals surface area contributed by atoms with Crippen LogP contribution in [0.1, 0.15) is 32.4 Å². The second kappa shape index (κ2) is 6.58. The monoisotopic (exact) mass is 286 g/mol. The highest BCUT2D eigenvalue weighted by Gasteiger charge is 2.23. The van der Waals surface area contributed by atoms with E-state index in [0.717, 1.165) is 24.4 Å². The topological polar surface area (TPSA) is 44.0 Å². The average molecular weight is 286 g/mol. The largest absolute Gasteiger partial charge is 0.346 e. The zero-order chi connectivity index (χ0) is 14.7. The van der Waals surface area contributed by atoms with Gasteiger partial charge in [-0.3, -0.25) is 4.90 Å². The van der Waals surface area contributed by atoms with Crippen LogP contribution in [0, 0.1) is 5.92 Å².